The summed E-state index contributed by atoms with van der Waals surface area (Å²) in [5.74, 6) is 2.63. The van der Waals surface area contributed by atoms with E-state index in [1.165, 1.54) is 12.8 Å². The fourth-order valence-corrected chi connectivity index (χ4v) is 2.95. The number of halogens is 1. The maximum absolute atomic E-state index is 6.01. The monoisotopic (exact) mass is 304 g/mol. The summed E-state index contributed by atoms with van der Waals surface area (Å²) in [6, 6.07) is 11.8. The minimum Gasteiger partial charge on any atom is -0.460 e. The Morgan fingerprint density at radius 2 is 2.05 bits per heavy atom. The molecule has 0 radical (unpaired) electrons. The van der Waals surface area contributed by atoms with Crippen LogP contribution in [0.25, 0.3) is 11.3 Å². The van der Waals surface area contributed by atoms with Crippen LogP contribution in [0, 0.1) is 5.92 Å². The van der Waals surface area contributed by atoms with Gasteiger partial charge in [-0.15, -0.1) is 0 Å². The van der Waals surface area contributed by atoms with Crippen LogP contribution in [0.3, 0.4) is 0 Å². The van der Waals surface area contributed by atoms with Gasteiger partial charge in [0.15, 0.2) is 0 Å². The second-order valence-electron chi connectivity index (χ2n) is 5.60. The largest absolute Gasteiger partial charge is 0.460 e. The van der Waals surface area contributed by atoms with Crippen molar-refractivity contribution in [1.29, 1.82) is 0 Å². The fourth-order valence-electron chi connectivity index (χ4n) is 2.76. The molecule has 1 aliphatic heterocycles. The molecule has 1 saturated heterocycles. The Labute approximate surface area is 130 Å². The minimum atomic E-state index is 0.731. The molecule has 2 aromatic rings. The van der Waals surface area contributed by atoms with Crippen molar-refractivity contribution >= 4 is 11.6 Å². The predicted molar refractivity (Wildman–Crippen MR) is 86.5 cm³/mol. The zero-order chi connectivity index (χ0) is 14.5. The molecule has 0 saturated carbocycles. The number of nitrogens with one attached hydrogen (secondary N) is 2. The Balaban J connectivity index is 1.53. The van der Waals surface area contributed by atoms with Crippen LogP contribution in [0.1, 0.15) is 18.6 Å². The second kappa shape index (κ2) is 7.12. The highest BCUT2D eigenvalue weighted by Gasteiger charge is 2.12. The molecule has 4 heteroatoms. The van der Waals surface area contributed by atoms with Gasteiger partial charge in [-0.1, -0.05) is 23.7 Å². The zero-order valence-corrected chi connectivity index (χ0v) is 12.8. The summed E-state index contributed by atoms with van der Waals surface area (Å²) in [7, 11) is 0. The van der Waals surface area contributed by atoms with Gasteiger partial charge in [0.1, 0.15) is 11.5 Å². The van der Waals surface area contributed by atoms with Crippen molar-refractivity contribution in [2.75, 3.05) is 19.6 Å². The summed E-state index contributed by atoms with van der Waals surface area (Å²) in [5, 5.41) is 7.62. The molecule has 1 aliphatic rings. The Morgan fingerprint density at radius 1 is 1.19 bits per heavy atom. The van der Waals surface area contributed by atoms with Crippen molar-refractivity contribution in [1.82, 2.24) is 10.6 Å². The van der Waals surface area contributed by atoms with E-state index in [-0.39, 0.29) is 0 Å². The van der Waals surface area contributed by atoms with Gasteiger partial charge in [-0.2, -0.15) is 0 Å². The lowest BCUT2D eigenvalue weighted by atomic mass is 9.98. The summed E-state index contributed by atoms with van der Waals surface area (Å²) in [5.41, 5.74) is 1.02. The van der Waals surface area contributed by atoms with Gasteiger partial charge in [0.05, 0.1) is 6.54 Å². The Kier molecular flexibility index (Phi) is 4.96. The summed E-state index contributed by atoms with van der Waals surface area (Å²) in [6.45, 7) is 4.14. The first kappa shape index (κ1) is 14.6. The van der Waals surface area contributed by atoms with E-state index < -0.39 is 0 Å². The lowest BCUT2D eigenvalue weighted by molar-refractivity contribution is 0.350. The average Bonchev–Trinajstić information content (AvgIpc) is 2.97. The predicted octanol–water partition coefficient (Wildman–Crippen LogP) is 3.69. The molecule has 3 rings (SSSR count). The summed E-state index contributed by atoms with van der Waals surface area (Å²) in [6.07, 6.45) is 2.53. The van der Waals surface area contributed by atoms with Crippen molar-refractivity contribution < 1.29 is 4.42 Å². The molecule has 0 bridgehead atoms. The fraction of sp³-hybridized carbons (Fsp3) is 0.412. The van der Waals surface area contributed by atoms with E-state index in [9.17, 15) is 0 Å². The molecule has 0 atom stereocenters. The van der Waals surface area contributed by atoms with E-state index >= 15 is 0 Å². The molecule has 1 aromatic heterocycles. The smallest absolute Gasteiger partial charge is 0.134 e. The van der Waals surface area contributed by atoms with E-state index in [1.807, 2.05) is 36.4 Å². The highest BCUT2D eigenvalue weighted by atomic mass is 35.5. The third-order valence-electron chi connectivity index (χ3n) is 3.96. The first-order valence-corrected chi connectivity index (χ1v) is 7.95. The Hall–Kier alpha value is -1.29. The summed E-state index contributed by atoms with van der Waals surface area (Å²) < 4.78 is 5.88. The molecular formula is C17H21ClN2O. The highest BCUT2D eigenvalue weighted by molar-refractivity contribution is 6.30. The van der Waals surface area contributed by atoms with Crippen LogP contribution >= 0.6 is 11.6 Å². The Morgan fingerprint density at radius 3 is 2.86 bits per heavy atom. The normalized spacial score (nSPS) is 16.2. The van der Waals surface area contributed by atoms with Crippen molar-refractivity contribution in [3.63, 3.8) is 0 Å². The standard InChI is InChI=1S/C17H21ClN2O/c18-15-3-1-2-14(10-15)17-5-4-16(21-17)12-20-11-13-6-8-19-9-7-13/h1-5,10,13,19-20H,6-9,11-12H2. The first-order valence-electron chi connectivity index (χ1n) is 7.57. The highest BCUT2D eigenvalue weighted by Crippen LogP contribution is 2.24. The molecule has 0 aliphatic carbocycles. The minimum absolute atomic E-state index is 0.731. The quantitative estimate of drug-likeness (QED) is 0.884. The number of furan rings is 1. The van der Waals surface area contributed by atoms with Crippen molar-refractivity contribution in [3.05, 3.63) is 47.2 Å². The van der Waals surface area contributed by atoms with Crippen LogP contribution in [0.15, 0.2) is 40.8 Å². The number of rotatable bonds is 5. The number of hydrogen-bond donors (Lipinski definition) is 2. The maximum Gasteiger partial charge on any atom is 0.134 e. The molecule has 0 unspecified atom stereocenters. The number of hydrogen-bond acceptors (Lipinski definition) is 3. The van der Waals surface area contributed by atoms with E-state index in [4.69, 9.17) is 16.0 Å². The first-order chi connectivity index (χ1) is 10.3. The lowest BCUT2D eigenvalue weighted by Crippen LogP contribution is -2.33. The van der Waals surface area contributed by atoms with Crippen molar-refractivity contribution in [2.24, 2.45) is 5.92 Å². The van der Waals surface area contributed by atoms with Crippen LogP contribution in [0.4, 0.5) is 0 Å². The molecule has 0 spiro atoms. The van der Waals surface area contributed by atoms with Gasteiger partial charge in [-0.3, -0.25) is 0 Å². The average molecular weight is 305 g/mol. The van der Waals surface area contributed by atoms with Crippen LogP contribution < -0.4 is 10.6 Å². The molecule has 21 heavy (non-hydrogen) atoms. The van der Waals surface area contributed by atoms with Crippen molar-refractivity contribution in [2.45, 2.75) is 19.4 Å². The van der Waals surface area contributed by atoms with Gasteiger partial charge < -0.3 is 15.1 Å². The lowest BCUT2D eigenvalue weighted by Gasteiger charge is -2.22. The van der Waals surface area contributed by atoms with E-state index in [1.54, 1.807) is 0 Å². The molecule has 2 N–H and O–H groups in total. The Bertz CT molecular complexity index is 576. The molecule has 0 amide bonds. The van der Waals surface area contributed by atoms with Gasteiger partial charge in [0.25, 0.3) is 0 Å². The molecule has 1 fully saturated rings. The van der Waals surface area contributed by atoms with Crippen LogP contribution in [0.2, 0.25) is 5.02 Å². The van der Waals surface area contributed by atoms with Gasteiger partial charge >= 0.3 is 0 Å². The third kappa shape index (κ3) is 4.10. The van der Waals surface area contributed by atoms with Crippen LogP contribution in [0.5, 0.6) is 0 Å². The van der Waals surface area contributed by atoms with Gasteiger partial charge in [0.2, 0.25) is 0 Å². The third-order valence-corrected chi connectivity index (χ3v) is 4.20. The number of piperidine rings is 1. The molecule has 2 heterocycles. The van der Waals surface area contributed by atoms with E-state index in [2.05, 4.69) is 10.6 Å². The van der Waals surface area contributed by atoms with Gasteiger partial charge in [-0.25, -0.2) is 0 Å². The maximum atomic E-state index is 6.01. The van der Waals surface area contributed by atoms with E-state index in [0.717, 1.165) is 54.2 Å². The summed E-state index contributed by atoms with van der Waals surface area (Å²) >= 11 is 6.01. The topological polar surface area (TPSA) is 37.2 Å². The SMILES string of the molecule is Clc1cccc(-c2ccc(CNCC3CCNCC3)o2)c1. The molecular weight excluding hydrogens is 284 g/mol. The van der Waals surface area contributed by atoms with Crippen molar-refractivity contribution in [3.8, 4) is 11.3 Å². The van der Waals surface area contributed by atoms with Gasteiger partial charge in [-0.05, 0) is 62.7 Å². The van der Waals surface area contributed by atoms with Crippen LogP contribution in [-0.2, 0) is 6.54 Å². The zero-order valence-electron chi connectivity index (χ0n) is 12.1. The van der Waals surface area contributed by atoms with Crippen LogP contribution in [-0.4, -0.2) is 19.6 Å². The van der Waals surface area contributed by atoms with E-state index in [0.29, 0.717) is 0 Å². The second-order valence-corrected chi connectivity index (χ2v) is 6.04. The molecule has 1 aromatic carbocycles. The molecule has 112 valence electrons. The number of benzene rings is 1. The summed E-state index contributed by atoms with van der Waals surface area (Å²) in [4.78, 5) is 0. The molecule has 3 nitrogen and oxygen atoms in total. The van der Waals surface area contributed by atoms with Gasteiger partial charge in [0, 0.05) is 10.6 Å².